The van der Waals surface area contributed by atoms with Gasteiger partial charge in [0, 0.05) is 31.0 Å². The number of carbonyl (C=O) groups excluding carboxylic acids is 2. The molecule has 1 saturated heterocycles. The Labute approximate surface area is 177 Å². The highest BCUT2D eigenvalue weighted by atomic mass is 16.5. The molecule has 1 fully saturated rings. The van der Waals surface area contributed by atoms with Crippen molar-refractivity contribution in [2.45, 2.75) is 45.9 Å². The predicted molar refractivity (Wildman–Crippen MR) is 113 cm³/mol. The highest BCUT2D eigenvalue weighted by Crippen LogP contribution is 2.27. The van der Waals surface area contributed by atoms with E-state index < -0.39 is 12.1 Å². The van der Waals surface area contributed by atoms with Gasteiger partial charge in [0.1, 0.15) is 12.7 Å². The first-order chi connectivity index (χ1) is 14.2. The molecule has 2 unspecified atom stereocenters. The zero-order valence-electron chi connectivity index (χ0n) is 17.7. The van der Waals surface area contributed by atoms with Gasteiger partial charge in [-0.15, -0.1) is 0 Å². The molecule has 2 N–H and O–H groups in total. The number of aliphatic hydroxyl groups excluding tert-OH is 1. The average Bonchev–Trinajstić information content (AvgIpc) is 2.69. The van der Waals surface area contributed by atoms with Gasteiger partial charge in [0.2, 0.25) is 11.8 Å². The van der Waals surface area contributed by atoms with Crippen LogP contribution in [0.3, 0.4) is 0 Å². The molecule has 1 aromatic carbocycles. The third kappa shape index (κ3) is 5.87. The third-order valence-corrected chi connectivity index (χ3v) is 4.93. The number of aliphatic hydroxyl groups is 1. The molecule has 0 saturated carbocycles. The fourth-order valence-electron chi connectivity index (χ4n) is 3.45. The summed E-state index contributed by atoms with van der Waals surface area (Å²) in [6.07, 6.45) is 2.87. The van der Waals surface area contributed by atoms with Crippen molar-refractivity contribution in [2.75, 3.05) is 18.5 Å². The molecule has 0 aliphatic carbocycles. The normalized spacial score (nSPS) is 18.2. The lowest BCUT2D eigenvalue weighted by Crippen LogP contribution is -2.51. The first-order valence-corrected chi connectivity index (χ1v) is 10.1. The fraction of sp³-hybridized carbons (Fsp3) is 0.435. The molecule has 1 aliphatic rings. The Hall–Kier alpha value is -2.77. The number of amides is 2. The van der Waals surface area contributed by atoms with Gasteiger partial charge in [0.25, 0.3) is 0 Å². The number of benzene rings is 1. The number of nitrogens with one attached hydrogen (secondary N) is 1. The molecule has 160 valence electrons. The number of hydrogen-bond acceptors (Lipinski definition) is 5. The molecular formula is C23H29N3O4. The van der Waals surface area contributed by atoms with Crippen LogP contribution in [0.15, 0.2) is 48.8 Å². The van der Waals surface area contributed by atoms with Gasteiger partial charge in [-0.1, -0.05) is 32.9 Å². The summed E-state index contributed by atoms with van der Waals surface area (Å²) in [7, 11) is 0. The van der Waals surface area contributed by atoms with E-state index in [-0.39, 0.29) is 30.4 Å². The molecule has 3 rings (SSSR count). The van der Waals surface area contributed by atoms with E-state index in [4.69, 9.17) is 4.74 Å². The van der Waals surface area contributed by atoms with E-state index in [9.17, 15) is 14.7 Å². The van der Waals surface area contributed by atoms with Crippen LogP contribution in [0.2, 0.25) is 0 Å². The molecular weight excluding hydrogens is 382 g/mol. The number of morpholine rings is 1. The van der Waals surface area contributed by atoms with Gasteiger partial charge in [-0.05, 0) is 40.8 Å². The summed E-state index contributed by atoms with van der Waals surface area (Å²) < 4.78 is 5.41. The smallest absolute Gasteiger partial charge is 0.249 e. The largest absolute Gasteiger partial charge is 0.386 e. The number of nitrogens with zero attached hydrogens (tertiary/aromatic N) is 2. The summed E-state index contributed by atoms with van der Waals surface area (Å²) in [5, 5.41) is 13.8. The van der Waals surface area contributed by atoms with Gasteiger partial charge < -0.3 is 20.1 Å². The number of hydrogen-bond donors (Lipinski definition) is 2. The Morgan fingerprint density at radius 3 is 2.53 bits per heavy atom. The van der Waals surface area contributed by atoms with Crippen LogP contribution in [0.1, 0.15) is 44.4 Å². The van der Waals surface area contributed by atoms with Crippen LogP contribution in [-0.4, -0.2) is 46.1 Å². The maximum atomic E-state index is 12.5. The summed E-state index contributed by atoms with van der Waals surface area (Å²) in [5.41, 5.74) is 2.18. The van der Waals surface area contributed by atoms with Crippen LogP contribution >= 0.6 is 0 Å². The van der Waals surface area contributed by atoms with Crippen LogP contribution in [-0.2, 0) is 20.9 Å². The Kier molecular flexibility index (Phi) is 6.84. The summed E-state index contributed by atoms with van der Waals surface area (Å²) in [6, 6.07) is 10.3. The Bertz CT molecular complexity index is 862. The van der Waals surface area contributed by atoms with Crippen molar-refractivity contribution in [1.82, 2.24) is 9.88 Å². The number of rotatable bonds is 6. The molecule has 7 nitrogen and oxygen atoms in total. The van der Waals surface area contributed by atoms with Crippen LogP contribution in [0, 0.1) is 5.41 Å². The summed E-state index contributed by atoms with van der Waals surface area (Å²) in [5.74, 6) is -0.209. The van der Waals surface area contributed by atoms with Crippen LogP contribution in [0.4, 0.5) is 5.69 Å². The first kappa shape index (κ1) is 21.9. The number of carbonyl (C=O) groups is 2. The third-order valence-electron chi connectivity index (χ3n) is 4.93. The molecule has 2 heterocycles. The van der Waals surface area contributed by atoms with Crippen molar-refractivity contribution in [3.63, 3.8) is 0 Å². The van der Waals surface area contributed by atoms with Gasteiger partial charge in [-0.2, -0.15) is 0 Å². The topological polar surface area (TPSA) is 91.8 Å². The van der Waals surface area contributed by atoms with Gasteiger partial charge in [-0.3, -0.25) is 14.6 Å². The van der Waals surface area contributed by atoms with E-state index >= 15 is 0 Å². The second-order valence-electron chi connectivity index (χ2n) is 8.81. The van der Waals surface area contributed by atoms with E-state index in [1.165, 1.54) is 0 Å². The van der Waals surface area contributed by atoms with Crippen molar-refractivity contribution in [3.8, 4) is 0 Å². The summed E-state index contributed by atoms with van der Waals surface area (Å²) in [6.45, 7) is 6.67. The minimum absolute atomic E-state index is 0.00699. The Morgan fingerprint density at radius 2 is 1.90 bits per heavy atom. The molecule has 0 radical (unpaired) electrons. The van der Waals surface area contributed by atoms with E-state index in [1.807, 2.05) is 32.9 Å². The molecule has 0 spiro atoms. The van der Waals surface area contributed by atoms with Crippen molar-refractivity contribution >= 4 is 17.5 Å². The lowest BCUT2D eigenvalue weighted by Gasteiger charge is -2.38. The van der Waals surface area contributed by atoms with E-state index in [0.717, 1.165) is 5.56 Å². The molecule has 30 heavy (non-hydrogen) atoms. The lowest BCUT2D eigenvalue weighted by atomic mass is 9.92. The van der Waals surface area contributed by atoms with Crippen molar-refractivity contribution in [2.24, 2.45) is 5.41 Å². The van der Waals surface area contributed by atoms with Gasteiger partial charge in [0.05, 0.1) is 12.6 Å². The Balaban J connectivity index is 1.69. The number of aromatic nitrogens is 1. The van der Waals surface area contributed by atoms with Crippen molar-refractivity contribution in [3.05, 3.63) is 59.9 Å². The SMILES string of the molecule is CC(C)(C)CC(=O)Nc1ccc(C(O)C2COCC(=O)N2Cc2ccncc2)cc1. The zero-order chi connectivity index (χ0) is 21.7. The lowest BCUT2D eigenvalue weighted by molar-refractivity contribution is -0.155. The monoisotopic (exact) mass is 411 g/mol. The van der Waals surface area contributed by atoms with E-state index in [2.05, 4.69) is 10.3 Å². The minimum Gasteiger partial charge on any atom is -0.386 e. The van der Waals surface area contributed by atoms with Gasteiger partial charge >= 0.3 is 0 Å². The standard InChI is InChI=1S/C23H29N3O4/c1-23(2,3)12-20(27)25-18-6-4-17(5-7-18)22(29)19-14-30-15-21(28)26(19)13-16-8-10-24-11-9-16/h4-11,19,22,29H,12-15H2,1-3H3,(H,25,27). The van der Waals surface area contributed by atoms with Crippen molar-refractivity contribution < 1.29 is 19.4 Å². The Morgan fingerprint density at radius 1 is 1.23 bits per heavy atom. The van der Waals surface area contributed by atoms with Crippen molar-refractivity contribution in [1.29, 1.82) is 0 Å². The molecule has 0 bridgehead atoms. The molecule has 1 aromatic heterocycles. The quantitative estimate of drug-likeness (QED) is 0.763. The second kappa shape index (κ2) is 9.36. The highest BCUT2D eigenvalue weighted by Gasteiger charge is 2.34. The molecule has 2 atom stereocenters. The number of anilines is 1. The minimum atomic E-state index is -0.907. The maximum Gasteiger partial charge on any atom is 0.249 e. The van der Waals surface area contributed by atoms with Crippen LogP contribution in [0.5, 0.6) is 0 Å². The predicted octanol–water partition coefficient (Wildman–Crippen LogP) is 2.92. The first-order valence-electron chi connectivity index (χ1n) is 10.1. The highest BCUT2D eigenvalue weighted by molar-refractivity contribution is 5.91. The van der Waals surface area contributed by atoms with Gasteiger partial charge in [0.15, 0.2) is 0 Å². The van der Waals surface area contributed by atoms with E-state index in [1.54, 1.807) is 41.6 Å². The molecule has 1 aliphatic heterocycles. The van der Waals surface area contributed by atoms with Gasteiger partial charge in [-0.25, -0.2) is 0 Å². The number of ether oxygens (including phenoxy) is 1. The maximum absolute atomic E-state index is 12.5. The second-order valence-corrected chi connectivity index (χ2v) is 8.81. The zero-order valence-corrected chi connectivity index (χ0v) is 17.7. The summed E-state index contributed by atoms with van der Waals surface area (Å²) >= 11 is 0. The van der Waals surface area contributed by atoms with Crippen LogP contribution in [0.25, 0.3) is 0 Å². The fourth-order valence-corrected chi connectivity index (χ4v) is 3.45. The van der Waals surface area contributed by atoms with Crippen LogP contribution < -0.4 is 5.32 Å². The molecule has 7 heteroatoms. The molecule has 2 amide bonds. The summed E-state index contributed by atoms with van der Waals surface area (Å²) in [4.78, 5) is 30.2. The molecule has 2 aromatic rings. The average molecular weight is 412 g/mol. The van der Waals surface area contributed by atoms with E-state index in [0.29, 0.717) is 24.2 Å². The number of pyridine rings is 1.